The highest BCUT2D eigenvalue weighted by molar-refractivity contribution is 7.99. The van der Waals surface area contributed by atoms with E-state index in [-0.39, 0.29) is 12.7 Å². The molecule has 0 atom stereocenters. The molecule has 28 heavy (non-hydrogen) atoms. The minimum Gasteiger partial charge on any atom is -0.494 e. The number of rotatable bonds is 7. The first kappa shape index (κ1) is 18.1. The average Bonchev–Trinajstić information content (AvgIpc) is 3.36. The van der Waals surface area contributed by atoms with Gasteiger partial charge in [-0.1, -0.05) is 23.9 Å². The van der Waals surface area contributed by atoms with Gasteiger partial charge in [0.2, 0.25) is 17.9 Å². The van der Waals surface area contributed by atoms with E-state index < -0.39 is 0 Å². The lowest BCUT2D eigenvalue weighted by atomic mass is 10.2. The second kappa shape index (κ2) is 8.17. The van der Waals surface area contributed by atoms with Gasteiger partial charge in [0.05, 0.1) is 7.11 Å². The van der Waals surface area contributed by atoms with Crippen molar-refractivity contribution in [2.75, 3.05) is 25.0 Å². The number of carbonyl (C=O) groups is 1. The summed E-state index contributed by atoms with van der Waals surface area (Å²) < 4.78 is 17.5. The number of benzene rings is 2. The first-order chi connectivity index (χ1) is 13.7. The Kier molecular flexibility index (Phi) is 5.29. The second-order valence-electron chi connectivity index (χ2n) is 5.76. The lowest BCUT2D eigenvalue weighted by Crippen LogP contribution is -2.12. The van der Waals surface area contributed by atoms with Crippen molar-refractivity contribution in [1.29, 1.82) is 0 Å². The molecule has 0 bridgehead atoms. The number of anilines is 1. The van der Waals surface area contributed by atoms with Crippen LogP contribution in [0.3, 0.4) is 0 Å². The number of nitrogens with one attached hydrogen (secondary N) is 1. The van der Waals surface area contributed by atoms with Gasteiger partial charge in [0.1, 0.15) is 11.4 Å². The van der Waals surface area contributed by atoms with Crippen LogP contribution >= 0.6 is 11.8 Å². The molecule has 0 unspecified atom stereocenters. The Morgan fingerprint density at radius 3 is 3.00 bits per heavy atom. The molecule has 0 saturated heterocycles. The summed E-state index contributed by atoms with van der Waals surface area (Å²) in [6, 6.07) is 12.8. The Labute approximate surface area is 165 Å². The van der Waals surface area contributed by atoms with Crippen LogP contribution in [0.2, 0.25) is 0 Å². The monoisotopic (exact) mass is 399 g/mol. The first-order valence-corrected chi connectivity index (χ1v) is 9.47. The van der Waals surface area contributed by atoms with Crippen molar-refractivity contribution >= 4 is 23.4 Å². The van der Waals surface area contributed by atoms with Gasteiger partial charge in [-0.25, -0.2) is 0 Å². The lowest BCUT2D eigenvalue weighted by molar-refractivity contribution is -0.115. The molecule has 1 aliphatic rings. The third-order valence-corrected chi connectivity index (χ3v) is 4.89. The van der Waals surface area contributed by atoms with Gasteiger partial charge >= 0.3 is 0 Å². The molecule has 0 radical (unpaired) electrons. The molecule has 1 aromatic heterocycles. The second-order valence-corrected chi connectivity index (χ2v) is 6.82. The molecule has 2 aromatic carbocycles. The molecule has 144 valence electrons. The van der Waals surface area contributed by atoms with Crippen LogP contribution in [-0.4, -0.2) is 45.8 Å². The zero-order valence-electron chi connectivity index (χ0n) is 15.0. The van der Waals surface area contributed by atoms with Crippen molar-refractivity contribution < 1.29 is 19.0 Å². The highest BCUT2D eigenvalue weighted by Gasteiger charge is 2.15. The van der Waals surface area contributed by atoms with Gasteiger partial charge < -0.3 is 19.5 Å². The van der Waals surface area contributed by atoms with E-state index in [1.54, 1.807) is 30.0 Å². The number of amides is 1. The summed E-state index contributed by atoms with van der Waals surface area (Å²) in [6.07, 6.45) is 0.303. The van der Waals surface area contributed by atoms with Crippen molar-refractivity contribution in [3.63, 3.8) is 0 Å². The van der Waals surface area contributed by atoms with Crippen molar-refractivity contribution in [2.45, 2.75) is 11.6 Å². The van der Waals surface area contributed by atoms with E-state index in [1.165, 1.54) is 11.8 Å². The number of hydrogen-bond acceptors (Lipinski definition) is 8. The van der Waals surface area contributed by atoms with E-state index in [0.717, 1.165) is 5.69 Å². The van der Waals surface area contributed by atoms with Crippen molar-refractivity contribution in [3.05, 3.63) is 42.5 Å². The largest absolute Gasteiger partial charge is 0.494 e. The van der Waals surface area contributed by atoms with Crippen LogP contribution in [0.5, 0.6) is 17.2 Å². The molecule has 3 aromatic rings. The molecular weight excluding hydrogens is 382 g/mol. The number of hydrogen-bond donors (Lipinski definition) is 1. The average molecular weight is 399 g/mol. The molecule has 1 amide bonds. The van der Waals surface area contributed by atoms with Gasteiger partial charge in [0.25, 0.3) is 0 Å². The van der Waals surface area contributed by atoms with Gasteiger partial charge in [0.15, 0.2) is 11.5 Å². The molecule has 2 heterocycles. The Morgan fingerprint density at radius 1 is 1.25 bits per heavy atom. The topological polar surface area (TPSA) is 100 Å². The fourth-order valence-electron chi connectivity index (χ4n) is 2.66. The molecule has 10 heteroatoms. The normalized spacial score (nSPS) is 12.0. The molecule has 1 N–H and O–H groups in total. The first-order valence-electron chi connectivity index (χ1n) is 8.48. The van der Waals surface area contributed by atoms with Gasteiger partial charge in [-0.15, -0.1) is 5.10 Å². The van der Waals surface area contributed by atoms with Crippen LogP contribution in [0.15, 0.2) is 47.6 Å². The number of para-hydroxylation sites is 2. The number of methoxy groups -OCH3 is 1. The number of ether oxygens (including phenoxy) is 3. The number of thioether (sulfide) groups is 1. The third kappa shape index (κ3) is 3.86. The SMILES string of the molecule is COc1ccccc1-n1nnnc1SCCC(=O)Nc1ccc2c(c1)OCO2. The number of nitrogens with zero attached hydrogens (tertiary/aromatic N) is 4. The van der Waals surface area contributed by atoms with Crippen molar-refractivity contribution in [2.24, 2.45) is 0 Å². The van der Waals surface area contributed by atoms with Crippen molar-refractivity contribution in [3.8, 4) is 22.9 Å². The standard InChI is InChI=1S/C18H17N5O4S/c1-25-14-5-3-2-4-13(14)23-18(20-21-22-23)28-9-8-17(24)19-12-6-7-15-16(10-12)27-11-26-15/h2-7,10H,8-9,11H2,1H3,(H,19,24). The summed E-state index contributed by atoms with van der Waals surface area (Å²) in [5, 5.41) is 15.2. The molecule has 0 fully saturated rings. The predicted octanol–water partition coefficient (Wildman–Crippen LogP) is 2.52. The fourth-order valence-corrected chi connectivity index (χ4v) is 3.48. The third-order valence-electron chi connectivity index (χ3n) is 3.97. The van der Waals surface area contributed by atoms with Crippen LogP contribution in [0.4, 0.5) is 5.69 Å². The van der Waals surface area contributed by atoms with E-state index in [1.807, 2.05) is 24.3 Å². The molecule has 0 spiro atoms. The molecule has 4 rings (SSSR count). The van der Waals surface area contributed by atoms with Crippen LogP contribution < -0.4 is 19.5 Å². The molecule has 0 saturated carbocycles. The summed E-state index contributed by atoms with van der Waals surface area (Å²) in [5.41, 5.74) is 1.40. The van der Waals surface area contributed by atoms with E-state index in [9.17, 15) is 4.79 Å². The lowest BCUT2D eigenvalue weighted by Gasteiger charge is -2.09. The summed E-state index contributed by atoms with van der Waals surface area (Å²) in [5.74, 6) is 2.38. The predicted molar refractivity (Wildman–Crippen MR) is 102 cm³/mol. The fraction of sp³-hybridized carbons (Fsp3) is 0.222. The summed E-state index contributed by atoms with van der Waals surface area (Å²) in [7, 11) is 1.59. The van der Waals surface area contributed by atoms with Gasteiger partial charge in [-0.3, -0.25) is 4.79 Å². The van der Waals surface area contributed by atoms with E-state index >= 15 is 0 Å². The zero-order chi connectivity index (χ0) is 19.3. The number of fused-ring (bicyclic) bond motifs is 1. The summed E-state index contributed by atoms with van der Waals surface area (Å²) in [6.45, 7) is 0.199. The minimum atomic E-state index is -0.109. The molecule has 1 aliphatic heterocycles. The minimum absolute atomic E-state index is 0.109. The van der Waals surface area contributed by atoms with Crippen LogP contribution in [0.25, 0.3) is 5.69 Å². The smallest absolute Gasteiger partial charge is 0.231 e. The van der Waals surface area contributed by atoms with Crippen molar-refractivity contribution in [1.82, 2.24) is 20.2 Å². The van der Waals surface area contributed by atoms with Crippen LogP contribution in [-0.2, 0) is 4.79 Å². The van der Waals surface area contributed by atoms with Gasteiger partial charge in [0, 0.05) is 23.9 Å². The summed E-state index contributed by atoms with van der Waals surface area (Å²) in [4.78, 5) is 12.2. The highest BCUT2D eigenvalue weighted by Crippen LogP contribution is 2.34. The van der Waals surface area contributed by atoms with Crippen LogP contribution in [0.1, 0.15) is 6.42 Å². The Bertz CT molecular complexity index is 994. The Hall–Kier alpha value is -3.27. The maximum absolute atomic E-state index is 12.2. The molecule has 9 nitrogen and oxygen atoms in total. The maximum Gasteiger partial charge on any atom is 0.231 e. The van der Waals surface area contributed by atoms with E-state index in [0.29, 0.717) is 40.3 Å². The van der Waals surface area contributed by atoms with E-state index in [4.69, 9.17) is 14.2 Å². The number of tetrazole rings is 1. The Morgan fingerprint density at radius 2 is 2.11 bits per heavy atom. The highest BCUT2D eigenvalue weighted by atomic mass is 32.2. The quantitative estimate of drug-likeness (QED) is 0.605. The number of aromatic nitrogens is 4. The van der Waals surface area contributed by atoms with Gasteiger partial charge in [-0.2, -0.15) is 4.68 Å². The molecule has 0 aliphatic carbocycles. The molecular formula is C18H17N5O4S. The zero-order valence-corrected chi connectivity index (χ0v) is 15.8. The number of carbonyl (C=O) groups excluding carboxylic acids is 1. The van der Waals surface area contributed by atoms with E-state index in [2.05, 4.69) is 20.8 Å². The van der Waals surface area contributed by atoms with Gasteiger partial charge in [-0.05, 0) is 34.7 Å². The van der Waals surface area contributed by atoms with Crippen LogP contribution in [0, 0.1) is 0 Å². The maximum atomic E-state index is 12.2. The Balaban J connectivity index is 1.34. The summed E-state index contributed by atoms with van der Waals surface area (Å²) >= 11 is 1.39.